The molecule has 1 N–H and O–H groups in total. The summed E-state index contributed by atoms with van der Waals surface area (Å²) in [6, 6.07) is 14.1. The second-order valence-electron chi connectivity index (χ2n) is 7.17. The summed E-state index contributed by atoms with van der Waals surface area (Å²) in [6.45, 7) is 1.10. The van der Waals surface area contributed by atoms with E-state index >= 15 is 0 Å². The van der Waals surface area contributed by atoms with Crippen LogP contribution in [0, 0.1) is 0 Å². The maximum absolute atomic E-state index is 13.2. The molecule has 0 spiro atoms. The highest BCUT2D eigenvalue weighted by Gasteiger charge is 2.23. The van der Waals surface area contributed by atoms with Gasteiger partial charge >= 0.3 is 6.03 Å². The monoisotopic (exact) mass is 425 g/mol. The number of aromatic nitrogens is 3. The van der Waals surface area contributed by atoms with E-state index in [1.54, 1.807) is 36.3 Å². The zero-order valence-electron chi connectivity index (χ0n) is 16.8. The van der Waals surface area contributed by atoms with Crippen LogP contribution in [-0.2, 0) is 19.5 Å². The molecule has 2 aromatic carbocycles. The SMILES string of the molecule is COc1ccccc1N(Cc1nc2n(n1)CCCCC2)C(=O)Nc1ccc(Cl)cc1. The number of anilines is 2. The highest BCUT2D eigenvalue weighted by Crippen LogP contribution is 2.29. The zero-order chi connectivity index (χ0) is 20.9. The van der Waals surface area contributed by atoms with Crippen molar-refractivity contribution in [2.45, 2.75) is 38.8 Å². The summed E-state index contributed by atoms with van der Waals surface area (Å²) in [7, 11) is 1.59. The van der Waals surface area contributed by atoms with Gasteiger partial charge in [-0.3, -0.25) is 4.90 Å². The molecule has 8 heteroatoms. The van der Waals surface area contributed by atoms with Crippen molar-refractivity contribution >= 4 is 29.0 Å². The molecule has 2 heterocycles. The number of carbonyl (C=O) groups is 1. The molecule has 0 fully saturated rings. The van der Waals surface area contributed by atoms with Gasteiger partial charge in [-0.15, -0.1) is 0 Å². The van der Waals surface area contributed by atoms with E-state index in [-0.39, 0.29) is 12.6 Å². The number of hydrogen-bond acceptors (Lipinski definition) is 4. The fourth-order valence-corrected chi connectivity index (χ4v) is 3.69. The molecule has 30 heavy (non-hydrogen) atoms. The van der Waals surface area contributed by atoms with Crippen LogP contribution >= 0.6 is 11.6 Å². The van der Waals surface area contributed by atoms with Gasteiger partial charge in [0.05, 0.1) is 19.3 Å². The van der Waals surface area contributed by atoms with Crippen LogP contribution in [0.25, 0.3) is 0 Å². The molecule has 1 aliphatic heterocycles. The third kappa shape index (κ3) is 4.57. The van der Waals surface area contributed by atoms with Crippen molar-refractivity contribution in [2.24, 2.45) is 0 Å². The van der Waals surface area contributed by atoms with Crippen molar-refractivity contribution in [1.82, 2.24) is 14.8 Å². The van der Waals surface area contributed by atoms with Gasteiger partial charge in [-0.05, 0) is 49.2 Å². The lowest BCUT2D eigenvalue weighted by Gasteiger charge is -2.24. The van der Waals surface area contributed by atoms with Crippen LogP contribution in [0.2, 0.25) is 5.02 Å². The second-order valence-corrected chi connectivity index (χ2v) is 7.61. The molecule has 0 atom stereocenters. The lowest BCUT2D eigenvalue weighted by molar-refractivity contribution is 0.256. The van der Waals surface area contributed by atoms with Gasteiger partial charge in [0.2, 0.25) is 0 Å². The average Bonchev–Trinajstić information content (AvgIpc) is 3.02. The third-order valence-corrected chi connectivity index (χ3v) is 5.33. The number of methoxy groups -OCH3 is 1. The van der Waals surface area contributed by atoms with Gasteiger partial charge in [-0.1, -0.05) is 30.2 Å². The third-order valence-electron chi connectivity index (χ3n) is 5.08. The summed E-state index contributed by atoms with van der Waals surface area (Å²) >= 11 is 5.96. The Kier molecular flexibility index (Phi) is 6.18. The highest BCUT2D eigenvalue weighted by atomic mass is 35.5. The number of fused-ring (bicyclic) bond motifs is 1. The van der Waals surface area contributed by atoms with Crippen molar-refractivity contribution < 1.29 is 9.53 Å². The van der Waals surface area contributed by atoms with Crippen LogP contribution in [0.5, 0.6) is 5.75 Å². The topological polar surface area (TPSA) is 72.3 Å². The van der Waals surface area contributed by atoms with Gasteiger partial charge in [0.25, 0.3) is 0 Å². The van der Waals surface area contributed by atoms with Crippen LogP contribution in [-0.4, -0.2) is 27.9 Å². The van der Waals surface area contributed by atoms with Crippen molar-refractivity contribution in [1.29, 1.82) is 0 Å². The van der Waals surface area contributed by atoms with Crippen molar-refractivity contribution in [3.63, 3.8) is 0 Å². The summed E-state index contributed by atoms with van der Waals surface area (Å²) in [5.41, 5.74) is 1.30. The average molecular weight is 426 g/mol. The molecule has 2 amide bonds. The molecule has 0 radical (unpaired) electrons. The first kappa shape index (κ1) is 20.2. The van der Waals surface area contributed by atoms with Gasteiger partial charge in [-0.2, -0.15) is 5.10 Å². The minimum atomic E-state index is -0.299. The van der Waals surface area contributed by atoms with Crippen molar-refractivity contribution in [3.8, 4) is 5.75 Å². The predicted octanol–water partition coefficient (Wildman–Crippen LogP) is 4.91. The van der Waals surface area contributed by atoms with E-state index in [1.807, 2.05) is 28.9 Å². The molecular formula is C22H24ClN5O2. The first-order valence-corrected chi connectivity index (χ1v) is 10.4. The van der Waals surface area contributed by atoms with Crippen LogP contribution in [0.3, 0.4) is 0 Å². The molecule has 4 rings (SSSR count). The molecule has 1 aromatic heterocycles. The molecule has 0 unspecified atom stereocenters. The first-order valence-electron chi connectivity index (χ1n) is 10.0. The smallest absolute Gasteiger partial charge is 0.326 e. The van der Waals surface area contributed by atoms with E-state index in [1.165, 1.54) is 6.42 Å². The molecule has 156 valence electrons. The number of benzene rings is 2. The number of ether oxygens (including phenoxy) is 1. The Balaban J connectivity index is 1.63. The maximum atomic E-state index is 13.2. The molecule has 0 saturated carbocycles. The van der Waals surface area contributed by atoms with E-state index in [0.717, 1.165) is 31.6 Å². The molecule has 3 aromatic rings. The minimum Gasteiger partial charge on any atom is -0.495 e. The van der Waals surface area contributed by atoms with Crippen LogP contribution < -0.4 is 15.0 Å². The Morgan fingerprint density at radius 2 is 1.97 bits per heavy atom. The number of hydrogen-bond donors (Lipinski definition) is 1. The number of rotatable bonds is 5. The van der Waals surface area contributed by atoms with Crippen LogP contribution in [0.1, 0.15) is 30.9 Å². The largest absolute Gasteiger partial charge is 0.495 e. The molecular weight excluding hydrogens is 402 g/mol. The summed E-state index contributed by atoms with van der Waals surface area (Å²) in [5, 5.41) is 8.19. The molecule has 1 aliphatic rings. The van der Waals surface area contributed by atoms with E-state index in [9.17, 15) is 4.79 Å². The number of nitrogens with zero attached hydrogens (tertiary/aromatic N) is 4. The van der Waals surface area contributed by atoms with Crippen LogP contribution in [0.4, 0.5) is 16.2 Å². The number of urea groups is 1. The number of aryl methyl sites for hydroxylation is 2. The fraction of sp³-hybridized carbons (Fsp3) is 0.318. The molecule has 0 aliphatic carbocycles. The molecule has 0 saturated heterocycles. The van der Waals surface area contributed by atoms with E-state index < -0.39 is 0 Å². The summed E-state index contributed by atoms with van der Waals surface area (Å²) in [5.74, 6) is 2.20. The first-order chi connectivity index (χ1) is 14.6. The standard InChI is InChI=1S/C22H24ClN5O2/c1-30-19-8-5-4-7-18(19)27(22(29)24-17-12-10-16(23)11-13-17)15-20-25-21-9-3-2-6-14-28(21)26-20/h4-5,7-8,10-13H,2-3,6,9,14-15H2,1H3,(H,24,29). The van der Waals surface area contributed by atoms with Gasteiger partial charge in [0.15, 0.2) is 5.82 Å². The molecule has 0 bridgehead atoms. The van der Waals surface area contributed by atoms with E-state index in [4.69, 9.17) is 21.3 Å². The van der Waals surface area contributed by atoms with E-state index in [0.29, 0.717) is 28.0 Å². The van der Waals surface area contributed by atoms with Crippen LogP contribution in [0.15, 0.2) is 48.5 Å². The number of halogens is 1. The van der Waals surface area contributed by atoms with Crippen molar-refractivity contribution in [3.05, 3.63) is 65.2 Å². The lowest BCUT2D eigenvalue weighted by atomic mass is 10.2. The fourth-order valence-electron chi connectivity index (χ4n) is 3.56. The summed E-state index contributed by atoms with van der Waals surface area (Å²) in [6.07, 6.45) is 4.32. The van der Waals surface area contributed by atoms with Gasteiger partial charge in [0.1, 0.15) is 11.6 Å². The number of carbonyl (C=O) groups excluding carboxylic acids is 1. The minimum absolute atomic E-state index is 0.236. The zero-order valence-corrected chi connectivity index (χ0v) is 17.6. The highest BCUT2D eigenvalue weighted by molar-refractivity contribution is 6.30. The Labute approximate surface area is 180 Å². The molecule has 7 nitrogen and oxygen atoms in total. The maximum Gasteiger partial charge on any atom is 0.326 e. The Bertz CT molecular complexity index is 995. The normalized spacial score (nSPS) is 13.3. The van der Waals surface area contributed by atoms with Gasteiger partial charge in [-0.25, -0.2) is 14.5 Å². The lowest BCUT2D eigenvalue weighted by Crippen LogP contribution is -2.35. The predicted molar refractivity (Wildman–Crippen MR) is 117 cm³/mol. The Morgan fingerprint density at radius 1 is 1.17 bits per heavy atom. The quantitative estimate of drug-likeness (QED) is 0.630. The second kappa shape index (κ2) is 9.17. The summed E-state index contributed by atoms with van der Waals surface area (Å²) in [4.78, 5) is 19.5. The Hall–Kier alpha value is -3.06. The van der Waals surface area contributed by atoms with Gasteiger partial charge in [0, 0.05) is 23.7 Å². The number of amides is 2. The Morgan fingerprint density at radius 3 is 2.77 bits per heavy atom. The van der Waals surface area contributed by atoms with Gasteiger partial charge < -0.3 is 10.1 Å². The summed E-state index contributed by atoms with van der Waals surface area (Å²) < 4.78 is 7.46. The number of nitrogens with one attached hydrogen (secondary N) is 1. The number of para-hydroxylation sites is 2. The van der Waals surface area contributed by atoms with E-state index in [2.05, 4.69) is 10.4 Å². The van der Waals surface area contributed by atoms with Crippen molar-refractivity contribution in [2.75, 3.05) is 17.3 Å².